The molecule has 2 heterocycles. The summed E-state index contributed by atoms with van der Waals surface area (Å²) in [5, 5.41) is 0. The van der Waals surface area contributed by atoms with Gasteiger partial charge in [-0.1, -0.05) is 18.2 Å². The third-order valence-corrected chi connectivity index (χ3v) is 4.29. The molecule has 0 spiro atoms. The molecule has 1 N–H and O–H groups in total. The summed E-state index contributed by atoms with van der Waals surface area (Å²) in [6.07, 6.45) is 2.94. The van der Waals surface area contributed by atoms with Crippen LogP contribution in [0.4, 0.5) is 0 Å². The van der Waals surface area contributed by atoms with Crippen molar-refractivity contribution in [1.29, 1.82) is 0 Å². The summed E-state index contributed by atoms with van der Waals surface area (Å²) < 4.78 is 0.590. The van der Waals surface area contributed by atoms with Gasteiger partial charge in [0, 0.05) is 43.5 Å². The van der Waals surface area contributed by atoms with Crippen molar-refractivity contribution in [3.05, 3.63) is 57.1 Å². The summed E-state index contributed by atoms with van der Waals surface area (Å²) in [5.41, 5.74) is 6.73. The number of aromatic amines is 1. The number of hydrogen-bond acceptors (Lipinski definition) is 3. The van der Waals surface area contributed by atoms with Crippen LogP contribution in [0.3, 0.4) is 0 Å². The molecule has 0 atom stereocenters. The van der Waals surface area contributed by atoms with E-state index in [2.05, 4.69) is 46.9 Å². The maximum Gasteiger partial charge on any atom is 0.196 e. The lowest BCUT2D eigenvalue weighted by Crippen LogP contribution is -2.31. The third kappa shape index (κ3) is 2.67. The molecule has 0 radical (unpaired) electrons. The fourth-order valence-corrected chi connectivity index (χ4v) is 3.04. The molecule has 3 nitrogen and oxygen atoms in total. The first-order valence-electron chi connectivity index (χ1n) is 6.98. The second-order valence-corrected chi connectivity index (χ2v) is 5.91. The van der Waals surface area contributed by atoms with Crippen LogP contribution in [0.15, 0.2) is 24.4 Å². The van der Waals surface area contributed by atoms with E-state index >= 15 is 0 Å². The normalized spacial score (nSPS) is 15.1. The quantitative estimate of drug-likeness (QED) is 0.859. The van der Waals surface area contributed by atoms with Crippen LogP contribution in [0.5, 0.6) is 0 Å². The molecule has 1 aliphatic rings. The number of nitrogens with zero attached hydrogens (tertiary/aromatic N) is 2. The number of benzene rings is 1. The van der Waals surface area contributed by atoms with E-state index in [0.717, 1.165) is 26.1 Å². The van der Waals surface area contributed by atoms with E-state index in [1.165, 1.54) is 27.9 Å². The molecular formula is C16H19N3S. The Morgan fingerprint density at radius 2 is 2.05 bits per heavy atom. The van der Waals surface area contributed by atoms with Gasteiger partial charge in [-0.2, -0.15) is 0 Å². The summed E-state index contributed by atoms with van der Waals surface area (Å²) >= 11 is 5.09. The zero-order chi connectivity index (χ0) is 14.1. The molecule has 0 bridgehead atoms. The summed E-state index contributed by atoms with van der Waals surface area (Å²) in [6, 6.07) is 6.52. The molecule has 4 heteroatoms. The molecule has 0 fully saturated rings. The lowest BCUT2D eigenvalue weighted by molar-refractivity contribution is 0.242. The monoisotopic (exact) mass is 285 g/mol. The molecule has 0 unspecified atom stereocenters. The summed E-state index contributed by atoms with van der Waals surface area (Å²) in [5.74, 6) is 0. The number of H-pyrrole nitrogens is 1. The lowest BCUT2D eigenvalue weighted by atomic mass is 10.0. The van der Waals surface area contributed by atoms with E-state index < -0.39 is 0 Å². The van der Waals surface area contributed by atoms with Gasteiger partial charge in [0.05, 0.1) is 0 Å². The number of aromatic nitrogens is 2. The van der Waals surface area contributed by atoms with Gasteiger partial charge in [-0.15, -0.1) is 0 Å². The van der Waals surface area contributed by atoms with Crippen LogP contribution in [0.2, 0.25) is 0 Å². The van der Waals surface area contributed by atoms with Gasteiger partial charge >= 0.3 is 0 Å². The first-order valence-corrected chi connectivity index (χ1v) is 7.39. The standard InChI is InChI=1S/C16H19N3S/c1-11-4-3-5-12(2)14(11)10-19-7-6-15-13(9-19)8-17-16(20)18-15/h3-5,8H,6-7,9-10H2,1-2H3,(H,17,18,20). The molecule has 0 aliphatic carbocycles. The Bertz CT molecular complexity index is 670. The van der Waals surface area contributed by atoms with E-state index in [1.54, 1.807) is 0 Å². The molecule has 3 rings (SSSR count). The van der Waals surface area contributed by atoms with Gasteiger partial charge in [-0.25, -0.2) is 4.98 Å². The number of nitrogens with one attached hydrogen (secondary N) is 1. The van der Waals surface area contributed by atoms with Crippen LogP contribution in [0.25, 0.3) is 0 Å². The maximum absolute atomic E-state index is 5.09. The van der Waals surface area contributed by atoms with Gasteiger partial charge in [0.25, 0.3) is 0 Å². The van der Waals surface area contributed by atoms with Crippen molar-refractivity contribution < 1.29 is 0 Å². The van der Waals surface area contributed by atoms with E-state index in [0.29, 0.717) is 4.77 Å². The van der Waals surface area contributed by atoms with Crippen LogP contribution in [0, 0.1) is 18.6 Å². The molecule has 1 aromatic carbocycles. The zero-order valence-corrected chi connectivity index (χ0v) is 12.8. The predicted molar refractivity (Wildman–Crippen MR) is 83.2 cm³/mol. The highest BCUT2D eigenvalue weighted by Crippen LogP contribution is 2.21. The van der Waals surface area contributed by atoms with Gasteiger partial charge in [0.1, 0.15) is 0 Å². The average Bonchev–Trinajstić information content (AvgIpc) is 2.43. The molecule has 0 saturated heterocycles. The lowest BCUT2D eigenvalue weighted by Gasteiger charge is -2.29. The number of hydrogen-bond donors (Lipinski definition) is 1. The van der Waals surface area contributed by atoms with Gasteiger partial charge in [0.2, 0.25) is 0 Å². The van der Waals surface area contributed by atoms with Crippen LogP contribution >= 0.6 is 12.2 Å². The van der Waals surface area contributed by atoms with Crippen molar-refractivity contribution in [2.45, 2.75) is 33.4 Å². The molecule has 2 aromatic rings. The number of rotatable bonds is 2. The van der Waals surface area contributed by atoms with E-state index in [9.17, 15) is 0 Å². The highest BCUT2D eigenvalue weighted by atomic mass is 32.1. The molecule has 1 aliphatic heterocycles. The molecule has 20 heavy (non-hydrogen) atoms. The van der Waals surface area contributed by atoms with Crippen molar-refractivity contribution in [2.24, 2.45) is 0 Å². The highest BCUT2D eigenvalue weighted by molar-refractivity contribution is 7.71. The summed E-state index contributed by atoms with van der Waals surface area (Å²) in [4.78, 5) is 9.90. The SMILES string of the molecule is Cc1cccc(C)c1CN1CCc2[nH]c(=S)ncc2C1. The van der Waals surface area contributed by atoms with E-state index in [-0.39, 0.29) is 0 Å². The molecule has 0 saturated carbocycles. The zero-order valence-electron chi connectivity index (χ0n) is 11.9. The second-order valence-electron chi connectivity index (χ2n) is 5.52. The fourth-order valence-electron chi connectivity index (χ4n) is 2.86. The minimum atomic E-state index is 0.590. The third-order valence-electron chi connectivity index (χ3n) is 4.08. The van der Waals surface area contributed by atoms with Crippen molar-refractivity contribution in [2.75, 3.05) is 6.54 Å². The molecular weight excluding hydrogens is 266 g/mol. The van der Waals surface area contributed by atoms with Crippen molar-refractivity contribution in [1.82, 2.24) is 14.9 Å². The van der Waals surface area contributed by atoms with Crippen LogP contribution in [-0.2, 0) is 19.5 Å². The molecule has 0 amide bonds. The Labute approximate surface area is 124 Å². The van der Waals surface area contributed by atoms with E-state index in [4.69, 9.17) is 12.2 Å². The van der Waals surface area contributed by atoms with Gasteiger partial charge in [-0.05, 0) is 42.8 Å². The Balaban J connectivity index is 1.81. The molecule has 104 valence electrons. The summed E-state index contributed by atoms with van der Waals surface area (Å²) in [7, 11) is 0. The Kier molecular flexibility index (Phi) is 3.68. The van der Waals surface area contributed by atoms with Gasteiger partial charge in [0.15, 0.2) is 4.77 Å². The largest absolute Gasteiger partial charge is 0.334 e. The number of fused-ring (bicyclic) bond motifs is 1. The van der Waals surface area contributed by atoms with Crippen LogP contribution in [-0.4, -0.2) is 21.4 Å². The summed E-state index contributed by atoms with van der Waals surface area (Å²) in [6.45, 7) is 7.41. The average molecular weight is 285 g/mol. The smallest absolute Gasteiger partial charge is 0.196 e. The topological polar surface area (TPSA) is 31.9 Å². The Morgan fingerprint density at radius 1 is 1.30 bits per heavy atom. The predicted octanol–water partition coefficient (Wildman–Crippen LogP) is 3.31. The Hall–Kier alpha value is -1.52. The second kappa shape index (κ2) is 5.46. The van der Waals surface area contributed by atoms with Gasteiger partial charge < -0.3 is 4.98 Å². The van der Waals surface area contributed by atoms with Gasteiger partial charge in [-0.3, -0.25) is 4.90 Å². The van der Waals surface area contributed by atoms with Crippen LogP contribution < -0.4 is 0 Å². The first kappa shape index (κ1) is 13.5. The van der Waals surface area contributed by atoms with Crippen molar-refractivity contribution >= 4 is 12.2 Å². The highest BCUT2D eigenvalue weighted by Gasteiger charge is 2.18. The minimum Gasteiger partial charge on any atom is -0.334 e. The first-order chi connectivity index (χ1) is 9.63. The number of aryl methyl sites for hydroxylation is 2. The minimum absolute atomic E-state index is 0.590. The van der Waals surface area contributed by atoms with Crippen molar-refractivity contribution in [3.8, 4) is 0 Å². The molecule has 1 aromatic heterocycles. The van der Waals surface area contributed by atoms with Crippen LogP contribution in [0.1, 0.15) is 27.9 Å². The fraction of sp³-hybridized carbons (Fsp3) is 0.375. The maximum atomic E-state index is 5.09. The Morgan fingerprint density at radius 3 is 2.80 bits per heavy atom. The van der Waals surface area contributed by atoms with Crippen molar-refractivity contribution in [3.63, 3.8) is 0 Å². The van der Waals surface area contributed by atoms with E-state index in [1.807, 2.05) is 6.20 Å².